The maximum Gasteiger partial charge on any atom is 0.303 e. The molecule has 0 aromatic heterocycles. The van der Waals surface area contributed by atoms with Crippen molar-refractivity contribution < 1.29 is 14.6 Å². The molecule has 4 rings (SSSR count). The van der Waals surface area contributed by atoms with Gasteiger partial charge in [0.15, 0.2) is 0 Å². The van der Waals surface area contributed by atoms with E-state index >= 15 is 0 Å². The minimum Gasteiger partial charge on any atom is -0.508 e. The molecule has 0 bridgehead atoms. The minimum absolute atomic E-state index is 0.224. The van der Waals surface area contributed by atoms with Crippen molar-refractivity contribution in [3.63, 3.8) is 0 Å². The van der Waals surface area contributed by atoms with Crippen molar-refractivity contribution in [2.75, 3.05) is 0 Å². The van der Waals surface area contributed by atoms with Crippen LogP contribution in [0.15, 0.2) is 108 Å². The lowest BCUT2D eigenvalue weighted by Gasteiger charge is -2.32. The second-order valence-electron chi connectivity index (χ2n) is 8.43. The molecule has 0 heterocycles. The van der Waals surface area contributed by atoms with Crippen LogP contribution in [0.3, 0.4) is 0 Å². The molecule has 34 heavy (non-hydrogen) atoms. The maximum atomic E-state index is 11.1. The fraction of sp³-hybridized carbons (Fsp3) is 0.167. The number of benzene rings is 4. The van der Waals surface area contributed by atoms with Crippen molar-refractivity contribution in [1.82, 2.24) is 0 Å². The number of ether oxygens (including phenoxy) is 1. The number of phenolic OH excluding ortho intramolecular Hbond substituents is 1. The van der Waals surface area contributed by atoms with E-state index in [1.807, 2.05) is 25.1 Å². The van der Waals surface area contributed by atoms with E-state index < -0.39 is 0 Å². The molecule has 4 aromatic rings. The van der Waals surface area contributed by atoms with Gasteiger partial charge in [-0.3, -0.25) is 4.79 Å². The molecular weight excluding hydrogens is 440 g/mol. The van der Waals surface area contributed by atoms with E-state index in [4.69, 9.17) is 4.74 Å². The Kier molecular flexibility index (Phi) is 7.09. The predicted molar refractivity (Wildman–Crippen MR) is 139 cm³/mol. The lowest BCUT2D eigenvalue weighted by molar-refractivity contribution is -0.141. The Hall–Kier alpha value is -3.50. The third-order valence-corrected chi connectivity index (χ3v) is 7.05. The van der Waals surface area contributed by atoms with E-state index in [0.717, 1.165) is 21.6 Å². The Morgan fingerprint density at radius 2 is 1.24 bits per heavy atom. The van der Waals surface area contributed by atoms with E-state index in [-0.39, 0.29) is 22.6 Å². The van der Waals surface area contributed by atoms with Crippen molar-refractivity contribution >= 4 is 17.7 Å². The van der Waals surface area contributed by atoms with E-state index in [1.54, 1.807) is 12.1 Å². The number of aromatic hydroxyl groups is 1. The van der Waals surface area contributed by atoms with Gasteiger partial charge in [0.2, 0.25) is 0 Å². The summed E-state index contributed by atoms with van der Waals surface area (Å²) in [5, 5.41) is 9.81. The highest BCUT2D eigenvalue weighted by Gasteiger charge is 2.31. The molecule has 0 aliphatic rings. The summed E-state index contributed by atoms with van der Waals surface area (Å²) in [6, 6.07) is 34.9. The zero-order valence-corrected chi connectivity index (χ0v) is 20.4. The van der Waals surface area contributed by atoms with E-state index in [9.17, 15) is 9.90 Å². The normalized spacial score (nSPS) is 13.6. The molecule has 2 atom stereocenters. The molecule has 172 valence electrons. The Labute approximate surface area is 205 Å². The van der Waals surface area contributed by atoms with Gasteiger partial charge < -0.3 is 9.84 Å². The summed E-state index contributed by atoms with van der Waals surface area (Å²) >= 11 is 1.52. The molecule has 0 fully saturated rings. The second kappa shape index (κ2) is 10.2. The molecule has 0 saturated carbocycles. The monoisotopic (exact) mass is 468 g/mol. The van der Waals surface area contributed by atoms with Crippen LogP contribution in [-0.4, -0.2) is 16.5 Å². The number of carbonyl (C=O) groups excluding carboxylic acids is 1. The van der Waals surface area contributed by atoms with Gasteiger partial charge in [0.05, 0.1) is 0 Å². The SMILES string of the molecule is CC(=O)OC(C)Sc1ccc(-c2ccc(C(C)(c3ccccc3)c3ccc(O)cc3)cc2)cc1. The van der Waals surface area contributed by atoms with Crippen LogP contribution in [0.2, 0.25) is 0 Å². The van der Waals surface area contributed by atoms with Gasteiger partial charge >= 0.3 is 5.97 Å². The Balaban J connectivity index is 1.62. The first-order chi connectivity index (χ1) is 16.4. The van der Waals surface area contributed by atoms with Crippen LogP contribution < -0.4 is 0 Å². The Morgan fingerprint density at radius 1 is 0.765 bits per heavy atom. The van der Waals surface area contributed by atoms with Crippen LogP contribution in [0.4, 0.5) is 0 Å². The van der Waals surface area contributed by atoms with E-state index in [2.05, 4.69) is 79.7 Å². The van der Waals surface area contributed by atoms with Crippen LogP contribution >= 0.6 is 11.8 Å². The molecule has 0 spiro atoms. The van der Waals surface area contributed by atoms with Gasteiger partial charge in [0.1, 0.15) is 11.2 Å². The van der Waals surface area contributed by atoms with Gasteiger partial charge in [-0.05, 0) is 65.9 Å². The predicted octanol–water partition coefficient (Wildman–Crippen LogP) is 7.41. The fourth-order valence-corrected chi connectivity index (χ4v) is 5.10. The quantitative estimate of drug-likeness (QED) is 0.133. The minimum atomic E-state index is -0.360. The molecule has 1 N–H and O–H groups in total. The van der Waals surface area contributed by atoms with Crippen molar-refractivity contribution in [3.8, 4) is 16.9 Å². The maximum absolute atomic E-state index is 11.1. The smallest absolute Gasteiger partial charge is 0.303 e. The standard InChI is InChI=1S/C30H28O3S/c1-21(31)33-22(2)34-29-19-11-24(12-20-29)23-9-13-26(14-10-23)30(3,25-7-5-4-6-8-25)27-15-17-28(32)18-16-27/h4-20,22,32H,1-3H3. The van der Waals surface area contributed by atoms with Crippen LogP contribution in [0.25, 0.3) is 11.1 Å². The first-order valence-corrected chi connectivity index (χ1v) is 12.1. The van der Waals surface area contributed by atoms with Crippen LogP contribution in [0.1, 0.15) is 37.5 Å². The molecule has 2 unspecified atom stereocenters. The number of thioether (sulfide) groups is 1. The zero-order valence-electron chi connectivity index (χ0n) is 19.6. The number of carbonyl (C=O) groups is 1. The first kappa shape index (κ1) is 23.7. The molecule has 4 aromatic carbocycles. The topological polar surface area (TPSA) is 46.5 Å². The summed E-state index contributed by atoms with van der Waals surface area (Å²) in [7, 11) is 0. The van der Waals surface area contributed by atoms with Gasteiger partial charge in [-0.25, -0.2) is 0 Å². The highest BCUT2D eigenvalue weighted by Crippen LogP contribution is 2.40. The van der Waals surface area contributed by atoms with Crippen molar-refractivity contribution in [2.45, 2.75) is 36.5 Å². The summed E-state index contributed by atoms with van der Waals surface area (Å²) in [4.78, 5) is 12.2. The second-order valence-corrected chi connectivity index (χ2v) is 9.81. The molecule has 0 amide bonds. The molecule has 0 radical (unpaired) electrons. The summed E-state index contributed by atoms with van der Waals surface area (Å²) in [6.45, 7) is 5.52. The van der Waals surface area contributed by atoms with Gasteiger partial charge in [0.25, 0.3) is 0 Å². The summed E-state index contributed by atoms with van der Waals surface area (Å²) in [5.74, 6) is -0.00936. The number of hydrogen-bond acceptors (Lipinski definition) is 4. The highest BCUT2D eigenvalue weighted by molar-refractivity contribution is 7.99. The third-order valence-electron chi connectivity index (χ3n) is 6.08. The van der Waals surface area contributed by atoms with Crippen molar-refractivity contribution in [3.05, 3.63) is 120 Å². The van der Waals surface area contributed by atoms with Gasteiger partial charge in [0, 0.05) is 17.2 Å². The average Bonchev–Trinajstić information content (AvgIpc) is 2.84. The van der Waals surface area contributed by atoms with Crippen molar-refractivity contribution in [2.24, 2.45) is 0 Å². The fourth-order valence-electron chi connectivity index (χ4n) is 4.24. The van der Waals surface area contributed by atoms with Gasteiger partial charge in [-0.15, -0.1) is 0 Å². The van der Waals surface area contributed by atoms with E-state index in [1.165, 1.54) is 29.8 Å². The van der Waals surface area contributed by atoms with Crippen LogP contribution in [-0.2, 0) is 14.9 Å². The third kappa shape index (κ3) is 5.18. The molecule has 3 nitrogen and oxygen atoms in total. The first-order valence-electron chi connectivity index (χ1n) is 11.3. The summed E-state index contributed by atoms with van der Waals surface area (Å²) < 4.78 is 5.20. The number of hydrogen-bond donors (Lipinski definition) is 1. The number of esters is 1. The summed E-state index contributed by atoms with van der Waals surface area (Å²) in [6.07, 6.45) is 0. The molecule has 4 heteroatoms. The average molecular weight is 469 g/mol. The highest BCUT2D eigenvalue weighted by atomic mass is 32.2. The Morgan fingerprint density at radius 3 is 1.76 bits per heavy atom. The summed E-state index contributed by atoms with van der Waals surface area (Å²) in [5.41, 5.74) is 5.16. The van der Waals surface area contributed by atoms with Gasteiger partial charge in [-0.2, -0.15) is 0 Å². The molecule has 0 aliphatic carbocycles. The largest absolute Gasteiger partial charge is 0.508 e. The number of phenols is 1. The molecular formula is C30H28O3S. The Bertz CT molecular complexity index is 1230. The lowest BCUT2D eigenvalue weighted by Crippen LogP contribution is -2.25. The van der Waals surface area contributed by atoms with Gasteiger partial charge in [-0.1, -0.05) is 90.6 Å². The van der Waals surface area contributed by atoms with E-state index in [0.29, 0.717) is 0 Å². The van der Waals surface area contributed by atoms with Crippen molar-refractivity contribution in [1.29, 1.82) is 0 Å². The number of rotatable bonds is 7. The molecule has 0 aliphatic heterocycles. The zero-order chi connectivity index (χ0) is 24.1. The lowest BCUT2D eigenvalue weighted by atomic mass is 9.71. The molecule has 0 saturated heterocycles. The van der Waals surface area contributed by atoms with Crippen LogP contribution in [0.5, 0.6) is 5.75 Å². The van der Waals surface area contributed by atoms with Crippen LogP contribution in [0, 0.1) is 0 Å².